The van der Waals surface area contributed by atoms with E-state index in [2.05, 4.69) is 4.98 Å². The smallest absolute Gasteiger partial charge is 0.213 e. The first-order valence-electron chi connectivity index (χ1n) is 3.77. The van der Waals surface area contributed by atoms with Crippen molar-refractivity contribution in [2.75, 3.05) is 0 Å². The zero-order valence-electron chi connectivity index (χ0n) is 7.43. The molecule has 0 N–H and O–H groups in total. The predicted octanol–water partition coefficient (Wildman–Crippen LogP) is 2.43. The van der Waals surface area contributed by atoms with Crippen molar-refractivity contribution in [3.63, 3.8) is 0 Å². The van der Waals surface area contributed by atoms with Crippen LogP contribution in [0.1, 0.15) is 25.1 Å². The Morgan fingerprint density at radius 2 is 2.00 bits per heavy atom. The van der Waals surface area contributed by atoms with Crippen LogP contribution in [0, 0.1) is 24.2 Å². The molecule has 0 amide bonds. The molecule has 1 aromatic rings. The van der Waals surface area contributed by atoms with E-state index in [0.29, 0.717) is 11.3 Å². The average Bonchev–Trinajstić information content (AvgIpc) is 2.08. The van der Waals surface area contributed by atoms with Crippen molar-refractivity contribution in [1.82, 2.24) is 4.98 Å². The monoisotopic (exact) mass is 166 g/mol. The number of aromatic nitrogens is 1. The highest BCUT2D eigenvalue weighted by Gasteiger charge is 1.97. The Morgan fingerprint density at radius 3 is 2.42 bits per heavy atom. The minimum Gasteiger partial charge on any atom is -0.224 e. The first-order valence-corrected chi connectivity index (χ1v) is 3.77. The second-order valence-corrected chi connectivity index (χ2v) is 1.88. The molecule has 0 bridgehead atoms. The van der Waals surface area contributed by atoms with Gasteiger partial charge in [-0.05, 0) is 19.1 Å². The van der Waals surface area contributed by atoms with Crippen molar-refractivity contribution in [2.45, 2.75) is 20.8 Å². The second kappa shape index (κ2) is 5.25. The van der Waals surface area contributed by atoms with Gasteiger partial charge in [0.15, 0.2) is 0 Å². The van der Waals surface area contributed by atoms with Gasteiger partial charge >= 0.3 is 0 Å². The van der Waals surface area contributed by atoms with Crippen LogP contribution in [0.2, 0.25) is 0 Å². The van der Waals surface area contributed by atoms with Crippen LogP contribution in [0.3, 0.4) is 0 Å². The predicted molar refractivity (Wildman–Crippen MR) is 45.0 cm³/mol. The van der Waals surface area contributed by atoms with Crippen LogP contribution in [0.15, 0.2) is 12.1 Å². The fraction of sp³-hybridized carbons (Fsp3) is 0.333. The molecule has 0 radical (unpaired) electrons. The van der Waals surface area contributed by atoms with Gasteiger partial charge in [0.2, 0.25) is 5.95 Å². The van der Waals surface area contributed by atoms with Crippen LogP contribution in [0.5, 0.6) is 0 Å². The third kappa shape index (κ3) is 2.67. The van der Waals surface area contributed by atoms with E-state index >= 15 is 0 Å². The van der Waals surface area contributed by atoms with Crippen molar-refractivity contribution < 1.29 is 4.39 Å². The van der Waals surface area contributed by atoms with Gasteiger partial charge in [0.1, 0.15) is 6.07 Å². The summed E-state index contributed by atoms with van der Waals surface area (Å²) in [6.07, 6.45) is 0. The zero-order valence-corrected chi connectivity index (χ0v) is 7.43. The number of nitriles is 1. The lowest BCUT2D eigenvalue weighted by atomic mass is 10.2. The van der Waals surface area contributed by atoms with Gasteiger partial charge < -0.3 is 0 Å². The highest BCUT2D eigenvalue weighted by molar-refractivity contribution is 5.31. The van der Waals surface area contributed by atoms with Crippen LogP contribution in [0.4, 0.5) is 4.39 Å². The summed E-state index contributed by atoms with van der Waals surface area (Å²) in [7, 11) is 0. The number of hydrogen-bond acceptors (Lipinski definition) is 2. The molecule has 0 aliphatic heterocycles. The summed E-state index contributed by atoms with van der Waals surface area (Å²) in [6.45, 7) is 5.60. The molecule has 0 saturated heterocycles. The first-order chi connectivity index (χ1) is 5.74. The molecule has 3 heteroatoms. The number of pyridine rings is 1. The summed E-state index contributed by atoms with van der Waals surface area (Å²) in [5.74, 6) is -0.545. The molecule has 0 aliphatic carbocycles. The Labute approximate surface area is 71.7 Å². The van der Waals surface area contributed by atoms with Crippen molar-refractivity contribution in [3.05, 3.63) is 29.3 Å². The number of aryl methyl sites for hydroxylation is 1. The Hall–Kier alpha value is -1.43. The van der Waals surface area contributed by atoms with Crippen molar-refractivity contribution in [1.29, 1.82) is 5.26 Å². The summed E-state index contributed by atoms with van der Waals surface area (Å²) in [5, 5.41) is 8.40. The highest BCUT2D eigenvalue weighted by Crippen LogP contribution is 2.02. The molecule has 0 aromatic carbocycles. The van der Waals surface area contributed by atoms with Gasteiger partial charge in [-0.1, -0.05) is 13.8 Å². The van der Waals surface area contributed by atoms with E-state index in [4.69, 9.17) is 5.26 Å². The van der Waals surface area contributed by atoms with Crippen LogP contribution in [-0.2, 0) is 0 Å². The fourth-order valence-electron chi connectivity index (χ4n) is 0.649. The van der Waals surface area contributed by atoms with Gasteiger partial charge in [-0.3, -0.25) is 0 Å². The fourth-order valence-corrected chi connectivity index (χ4v) is 0.649. The first kappa shape index (κ1) is 10.6. The van der Waals surface area contributed by atoms with E-state index in [0.717, 1.165) is 0 Å². The number of hydrogen-bond donors (Lipinski definition) is 0. The summed E-state index contributed by atoms with van der Waals surface area (Å²) in [5.41, 5.74) is 0.851. The summed E-state index contributed by atoms with van der Waals surface area (Å²) in [4.78, 5) is 3.46. The SMILES string of the molecule is CC.Cc1nc(F)ccc1C#N. The number of nitrogens with zero attached hydrogens (tertiary/aromatic N) is 2. The van der Waals surface area contributed by atoms with E-state index in [1.807, 2.05) is 19.9 Å². The van der Waals surface area contributed by atoms with Crippen LogP contribution >= 0.6 is 0 Å². The van der Waals surface area contributed by atoms with Crippen molar-refractivity contribution in [2.24, 2.45) is 0 Å². The Balaban J connectivity index is 0.000000561. The van der Waals surface area contributed by atoms with Gasteiger partial charge in [-0.25, -0.2) is 4.98 Å². The topological polar surface area (TPSA) is 36.7 Å². The van der Waals surface area contributed by atoms with Crippen molar-refractivity contribution in [3.8, 4) is 6.07 Å². The van der Waals surface area contributed by atoms with E-state index in [-0.39, 0.29) is 0 Å². The summed E-state index contributed by atoms with van der Waals surface area (Å²) >= 11 is 0. The highest BCUT2D eigenvalue weighted by atomic mass is 19.1. The third-order valence-electron chi connectivity index (χ3n) is 1.17. The van der Waals surface area contributed by atoms with Crippen LogP contribution in [-0.4, -0.2) is 4.98 Å². The van der Waals surface area contributed by atoms with Gasteiger partial charge in [0.25, 0.3) is 0 Å². The van der Waals surface area contributed by atoms with E-state index in [1.54, 1.807) is 6.92 Å². The third-order valence-corrected chi connectivity index (χ3v) is 1.17. The van der Waals surface area contributed by atoms with Gasteiger partial charge in [-0.15, -0.1) is 0 Å². The zero-order chi connectivity index (χ0) is 9.56. The van der Waals surface area contributed by atoms with Crippen LogP contribution < -0.4 is 0 Å². The number of halogens is 1. The molecule has 0 aliphatic rings. The van der Waals surface area contributed by atoms with E-state index in [9.17, 15) is 4.39 Å². The molecule has 1 heterocycles. The van der Waals surface area contributed by atoms with Gasteiger partial charge in [-0.2, -0.15) is 9.65 Å². The normalized spacial score (nSPS) is 7.92. The van der Waals surface area contributed by atoms with Gasteiger partial charge in [0.05, 0.1) is 11.3 Å². The average molecular weight is 166 g/mol. The summed E-state index contributed by atoms with van der Waals surface area (Å²) in [6, 6.07) is 4.48. The van der Waals surface area contributed by atoms with Crippen molar-refractivity contribution >= 4 is 0 Å². The minimum absolute atomic E-state index is 0.418. The molecule has 0 atom stereocenters. The molecule has 0 saturated carbocycles. The van der Waals surface area contributed by atoms with Crippen LogP contribution in [0.25, 0.3) is 0 Å². The molecule has 0 fully saturated rings. The molecule has 1 aromatic heterocycles. The Bertz CT molecular complexity index is 289. The largest absolute Gasteiger partial charge is 0.224 e. The Kier molecular flexibility index (Phi) is 4.62. The second-order valence-electron chi connectivity index (χ2n) is 1.88. The molecule has 12 heavy (non-hydrogen) atoms. The minimum atomic E-state index is -0.545. The lowest BCUT2D eigenvalue weighted by molar-refractivity contribution is 0.579. The molecule has 1 rings (SSSR count). The lowest BCUT2D eigenvalue weighted by Gasteiger charge is -1.92. The molecular formula is C9H11FN2. The lowest BCUT2D eigenvalue weighted by Crippen LogP contribution is -1.89. The van der Waals surface area contributed by atoms with Gasteiger partial charge in [0, 0.05) is 0 Å². The maximum Gasteiger partial charge on any atom is 0.213 e. The quantitative estimate of drug-likeness (QED) is 0.555. The standard InChI is InChI=1S/C7H5FN2.C2H6/c1-5-6(4-9)2-3-7(8)10-5;1-2/h2-3H,1H3;1-2H3. The molecule has 0 unspecified atom stereocenters. The van der Waals surface area contributed by atoms with E-state index < -0.39 is 5.95 Å². The Morgan fingerprint density at radius 1 is 1.42 bits per heavy atom. The number of rotatable bonds is 0. The molecule has 64 valence electrons. The molecule has 0 spiro atoms. The molecule has 2 nitrogen and oxygen atoms in total. The molecular weight excluding hydrogens is 155 g/mol. The summed E-state index contributed by atoms with van der Waals surface area (Å²) < 4.78 is 12.3. The maximum atomic E-state index is 12.3. The maximum absolute atomic E-state index is 12.3. The van der Waals surface area contributed by atoms with E-state index in [1.165, 1.54) is 12.1 Å².